The molecule has 0 aromatic carbocycles. The van der Waals surface area contributed by atoms with Crippen LogP contribution in [0.2, 0.25) is 0 Å². The first kappa shape index (κ1) is 28.8. The van der Waals surface area contributed by atoms with Gasteiger partial charge in [0.25, 0.3) is 5.56 Å². The van der Waals surface area contributed by atoms with Crippen molar-refractivity contribution in [3.05, 3.63) is 15.9 Å². The molecule has 14 nitrogen and oxygen atoms in total. The molecule has 198 valence electrons. The molecule has 1 saturated heterocycles. The number of carbonyl (C=O) groups is 5. The van der Waals surface area contributed by atoms with Crippen molar-refractivity contribution in [2.75, 3.05) is 18.2 Å². The number of thioether (sulfide) groups is 1. The summed E-state index contributed by atoms with van der Waals surface area (Å²) in [6.45, 7) is 5.14. The van der Waals surface area contributed by atoms with E-state index in [1.165, 1.54) is 0 Å². The Morgan fingerprint density at radius 2 is 1.47 bits per heavy atom. The quantitative estimate of drug-likeness (QED) is 0.145. The number of aromatic nitrogens is 2. The molecule has 2 heterocycles. The fourth-order valence-corrected chi connectivity index (χ4v) is 3.84. The number of aromatic amines is 1. The largest absolute Gasteiger partial charge is 0.463 e. The van der Waals surface area contributed by atoms with Gasteiger partial charge >= 0.3 is 23.9 Å². The van der Waals surface area contributed by atoms with Gasteiger partial charge in [-0.05, 0) is 13.2 Å². The third-order valence-electron chi connectivity index (χ3n) is 4.71. The molecule has 0 bridgehead atoms. The van der Waals surface area contributed by atoms with Gasteiger partial charge in [0.1, 0.15) is 24.1 Å². The Morgan fingerprint density at radius 1 is 0.917 bits per heavy atom. The lowest BCUT2D eigenvalue weighted by Crippen LogP contribution is -2.64. The maximum Gasteiger partial charge on any atom is 0.303 e. The van der Waals surface area contributed by atoms with Gasteiger partial charge in [-0.1, -0.05) is 11.8 Å². The highest BCUT2D eigenvalue weighted by atomic mass is 32.2. The molecule has 36 heavy (non-hydrogen) atoms. The highest BCUT2D eigenvalue weighted by molar-refractivity contribution is 7.98. The van der Waals surface area contributed by atoms with Crippen LogP contribution in [0.5, 0.6) is 0 Å². The topological polar surface area (TPSA) is 189 Å². The number of ether oxygens (including phenoxy) is 5. The molecular weight excluding hydrogens is 502 g/mol. The number of H-pyrrole nitrogens is 1. The second-order valence-electron chi connectivity index (χ2n) is 7.62. The maximum atomic E-state index is 12.5. The number of nitrogens with one attached hydrogen (secondary N) is 2. The third-order valence-corrected chi connectivity index (χ3v) is 5.29. The summed E-state index contributed by atoms with van der Waals surface area (Å²) in [7, 11) is 0. The van der Waals surface area contributed by atoms with Gasteiger partial charge in [-0.25, -0.2) is 4.98 Å². The number of hydrogen-bond acceptors (Lipinski definition) is 14. The first-order chi connectivity index (χ1) is 16.8. The summed E-state index contributed by atoms with van der Waals surface area (Å²) >= 11 is 1.09. The number of nitrogens with zero attached hydrogens (tertiary/aromatic N) is 1. The van der Waals surface area contributed by atoms with E-state index in [4.69, 9.17) is 23.7 Å². The zero-order chi connectivity index (χ0) is 27.2. The van der Waals surface area contributed by atoms with E-state index in [9.17, 15) is 28.8 Å². The van der Waals surface area contributed by atoms with E-state index in [1.807, 2.05) is 0 Å². The molecule has 15 heteroatoms. The summed E-state index contributed by atoms with van der Waals surface area (Å²) < 4.78 is 27.0. The van der Waals surface area contributed by atoms with Gasteiger partial charge in [0.2, 0.25) is 0 Å². The fourth-order valence-electron chi connectivity index (χ4n) is 3.46. The Balaban J connectivity index is 2.63. The van der Waals surface area contributed by atoms with Crippen molar-refractivity contribution in [1.29, 1.82) is 0 Å². The number of esters is 4. The van der Waals surface area contributed by atoms with Crippen LogP contribution in [-0.4, -0.2) is 83.1 Å². The van der Waals surface area contributed by atoms with E-state index in [2.05, 4.69) is 15.3 Å². The first-order valence-corrected chi connectivity index (χ1v) is 11.8. The summed E-state index contributed by atoms with van der Waals surface area (Å²) in [4.78, 5) is 78.5. The van der Waals surface area contributed by atoms with Crippen LogP contribution >= 0.6 is 11.8 Å². The van der Waals surface area contributed by atoms with Gasteiger partial charge in [0, 0.05) is 27.7 Å². The number of anilines is 1. The zero-order valence-electron chi connectivity index (χ0n) is 20.4. The minimum Gasteiger partial charge on any atom is -0.463 e. The lowest BCUT2D eigenvalue weighted by atomic mass is 9.97. The predicted molar refractivity (Wildman–Crippen MR) is 122 cm³/mol. The highest BCUT2D eigenvalue weighted by Crippen LogP contribution is 2.30. The SMILES string of the molecule is CSc1nc(N[C@@H]2O[C@H](COC(C)=O)[C@@H](OC(C)=O)[C@H](OC(C)=O)[C@H]2OC(C)=O)c(C(C)=O)c(=O)[nH]1. The van der Waals surface area contributed by atoms with E-state index < -0.39 is 72.5 Å². The Kier molecular flexibility index (Phi) is 9.98. The van der Waals surface area contributed by atoms with Crippen molar-refractivity contribution in [3.63, 3.8) is 0 Å². The molecular formula is C21H27N3O11S. The van der Waals surface area contributed by atoms with Crippen LogP contribution in [0, 0.1) is 0 Å². The Labute approximate surface area is 209 Å². The molecule has 1 aliphatic heterocycles. The molecule has 5 atom stereocenters. The molecule has 1 aromatic rings. The van der Waals surface area contributed by atoms with Crippen LogP contribution in [0.25, 0.3) is 0 Å². The molecule has 0 radical (unpaired) electrons. The van der Waals surface area contributed by atoms with Gasteiger partial charge in [0.15, 0.2) is 35.5 Å². The second kappa shape index (κ2) is 12.5. The molecule has 0 aliphatic carbocycles. The third kappa shape index (κ3) is 7.52. The number of Topliss-reactive ketones (excluding diaryl/α,β-unsaturated/α-hetero) is 1. The standard InChI is InChI=1S/C21H27N3O11S/c1-8(25)14-18(23-21(36-6)24-19(14)30)22-20-17(34-12(5)29)16(33-11(4)28)15(32-10(3)27)13(35-20)7-31-9(2)26/h13,15-17,20H,7H2,1-6H3,(H2,22,23,24,30)/t13-,15-,16+,17-,20-/m1/s1. The van der Waals surface area contributed by atoms with E-state index in [0.717, 1.165) is 46.4 Å². The average molecular weight is 530 g/mol. The summed E-state index contributed by atoms with van der Waals surface area (Å²) in [5, 5.41) is 2.92. The summed E-state index contributed by atoms with van der Waals surface area (Å²) in [5.41, 5.74) is -1.06. The lowest BCUT2D eigenvalue weighted by molar-refractivity contribution is -0.247. The molecule has 0 unspecified atom stereocenters. The maximum absolute atomic E-state index is 12.5. The molecule has 0 spiro atoms. The first-order valence-electron chi connectivity index (χ1n) is 10.6. The monoisotopic (exact) mass is 529 g/mol. The van der Waals surface area contributed by atoms with E-state index in [1.54, 1.807) is 6.26 Å². The Hall–Kier alpha value is -3.46. The molecule has 1 fully saturated rings. The van der Waals surface area contributed by atoms with Crippen LogP contribution < -0.4 is 10.9 Å². The fraction of sp³-hybridized carbons (Fsp3) is 0.571. The van der Waals surface area contributed by atoms with Crippen molar-refractivity contribution in [1.82, 2.24) is 9.97 Å². The van der Waals surface area contributed by atoms with Crippen LogP contribution in [-0.2, 0) is 42.9 Å². The molecule has 0 saturated carbocycles. The highest BCUT2D eigenvalue weighted by Gasteiger charge is 2.52. The smallest absolute Gasteiger partial charge is 0.303 e. The Bertz CT molecular complexity index is 1090. The second-order valence-corrected chi connectivity index (χ2v) is 8.41. The van der Waals surface area contributed by atoms with E-state index in [-0.39, 0.29) is 16.5 Å². The Morgan fingerprint density at radius 3 is 1.97 bits per heavy atom. The van der Waals surface area contributed by atoms with Crippen molar-refractivity contribution < 1.29 is 47.7 Å². The van der Waals surface area contributed by atoms with Gasteiger partial charge in [-0.2, -0.15) is 0 Å². The van der Waals surface area contributed by atoms with Crippen molar-refractivity contribution in [2.24, 2.45) is 0 Å². The average Bonchev–Trinajstić information content (AvgIpc) is 2.74. The van der Waals surface area contributed by atoms with Gasteiger partial charge < -0.3 is 34.0 Å². The summed E-state index contributed by atoms with van der Waals surface area (Å²) in [6.07, 6.45) is -5.19. The van der Waals surface area contributed by atoms with Gasteiger partial charge in [0.05, 0.1) is 0 Å². The summed E-state index contributed by atoms with van der Waals surface area (Å²) in [6, 6.07) is 0. The van der Waals surface area contributed by atoms with Crippen molar-refractivity contribution >= 4 is 47.2 Å². The summed E-state index contributed by atoms with van der Waals surface area (Å²) in [5.74, 6) is -3.87. The van der Waals surface area contributed by atoms with E-state index >= 15 is 0 Å². The zero-order valence-corrected chi connectivity index (χ0v) is 21.3. The minimum absolute atomic E-state index is 0.165. The molecule has 0 amide bonds. The van der Waals surface area contributed by atoms with Crippen LogP contribution in [0.15, 0.2) is 9.95 Å². The van der Waals surface area contributed by atoms with Gasteiger partial charge in [-0.15, -0.1) is 0 Å². The molecule has 1 aromatic heterocycles. The van der Waals surface area contributed by atoms with Crippen molar-refractivity contribution in [2.45, 2.75) is 70.4 Å². The predicted octanol–water partition coefficient (Wildman–Crippen LogP) is 0.189. The number of carbonyl (C=O) groups excluding carboxylic acids is 5. The number of hydrogen-bond donors (Lipinski definition) is 2. The molecule has 2 rings (SSSR count). The van der Waals surface area contributed by atoms with Gasteiger partial charge in [-0.3, -0.25) is 28.8 Å². The van der Waals surface area contributed by atoms with Crippen molar-refractivity contribution in [3.8, 4) is 0 Å². The van der Waals surface area contributed by atoms with Crippen LogP contribution in [0.3, 0.4) is 0 Å². The number of rotatable bonds is 9. The normalized spacial score (nSPS) is 23.2. The number of ketones is 1. The minimum atomic E-state index is -1.44. The lowest BCUT2D eigenvalue weighted by Gasteiger charge is -2.44. The van der Waals surface area contributed by atoms with Crippen LogP contribution in [0.4, 0.5) is 5.82 Å². The van der Waals surface area contributed by atoms with E-state index in [0.29, 0.717) is 0 Å². The molecule has 2 N–H and O–H groups in total. The molecule has 1 aliphatic rings. The van der Waals surface area contributed by atoms with Crippen LogP contribution in [0.1, 0.15) is 45.0 Å².